The van der Waals surface area contributed by atoms with Gasteiger partial charge in [-0.1, -0.05) is 18.2 Å². The Bertz CT molecular complexity index is 85.1. The van der Waals surface area contributed by atoms with Crippen LogP contribution in [0.3, 0.4) is 0 Å². The molecule has 0 amide bonds. The zero-order chi connectivity index (χ0) is 7.11. The second-order valence-electron chi connectivity index (χ2n) is 1.67. The molecule has 0 saturated carbocycles. The molecule has 54 valence electrons. The molecule has 0 aliphatic rings. The van der Waals surface area contributed by atoms with Crippen molar-refractivity contribution in [1.82, 2.24) is 5.32 Å². The lowest BCUT2D eigenvalue weighted by Gasteiger charge is -1.99. The summed E-state index contributed by atoms with van der Waals surface area (Å²) in [5.74, 6) is 0. The molecule has 0 aromatic heterocycles. The Hall–Kier alpha value is -0.0500. The van der Waals surface area contributed by atoms with E-state index in [0.717, 1.165) is 6.54 Å². The number of hydrogen-bond acceptors (Lipinski definition) is 2. The van der Waals surface area contributed by atoms with Crippen molar-refractivity contribution >= 4 is 11.6 Å². The van der Waals surface area contributed by atoms with Crippen molar-refractivity contribution in [2.45, 2.75) is 0 Å². The van der Waals surface area contributed by atoms with Gasteiger partial charge in [-0.05, 0) is 7.05 Å². The fourth-order valence-electron chi connectivity index (χ4n) is 0.357. The second-order valence-corrected chi connectivity index (χ2v) is 2.21. The van der Waals surface area contributed by atoms with Gasteiger partial charge in [0.2, 0.25) is 0 Å². The maximum atomic E-state index is 5.42. The van der Waals surface area contributed by atoms with Crippen molar-refractivity contribution in [3.8, 4) is 0 Å². The molecule has 0 bridgehead atoms. The molecule has 0 aromatic carbocycles. The summed E-state index contributed by atoms with van der Waals surface area (Å²) < 4.78 is 5.04. The highest BCUT2D eigenvalue weighted by atomic mass is 35.5. The number of halogens is 1. The molecule has 0 radical (unpaired) electrons. The average Bonchev–Trinajstić information content (AvgIpc) is 1.80. The van der Waals surface area contributed by atoms with E-state index in [0.29, 0.717) is 18.2 Å². The summed E-state index contributed by atoms with van der Waals surface area (Å²) in [5.41, 5.74) is 0. The lowest BCUT2D eigenvalue weighted by molar-refractivity contribution is 0.163. The summed E-state index contributed by atoms with van der Waals surface area (Å²) in [6, 6.07) is 0. The Balaban J connectivity index is 2.83. The van der Waals surface area contributed by atoms with Crippen molar-refractivity contribution in [2.24, 2.45) is 0 Å². The zero-order valence-corrected chi connectivity index (χ0v) is 6.37. The van der Waals surface area contributed by atoms with Gasteiger partial charge >= 0.3 is 0 Å². The van der Waals surface area contributed by atoms with E-state index >= 15 is 0 Å². The molecule has 0 atom stereocenters. The SMILES string of the molecule is C=C(Cl)COCCNC. The Kier molecular flexibility index (Phi) is 6.04. The first kappa shape index (κ1) is 8.95. The van der Waals surface area contributed by atoms with Gasteiger partial charge in [-0.2, -0.15) is 0 Å². The number of likely N-dealkylation sites (N-methyl/N-ethyl adjacent to an activating group) is 1. The van der Waals surface area contributed by atoms with Crippen molar-refractivity contribution in [2.75, 3.05) is 26.8 Å². The van der Waals surface area contributed by atoms with Crippen molar-refractivity contribution in [1.29, 1.82) is 0 Å². The van der Waals surface area contributed by atoms with Crippen LogP contribution in [0.25, 0.3) is 0 Å². The minimum Gasteiger partial charge on any atom is -0.375 e. The highest BCUT2D eigenvalue weighted by Crippen LogP contribution is 1.94. The Morgan fingerprint density at radius 2 is 2.44 bits per heavy atom. The van der Waals surface area contributed by atoms with Crippen LogP contribution in [0.1, 0.15) is 0 Å². The van der Waals surface area contributed by atoms with Crippen LogP contribution >= 0.6 is 11.6 Å². The van der Waals surface area contributed by atoms with Crippen LogP contribution in [-0.2, 0) is 4.74 Å². The number of nitrogens with one attached hydrogen (secondary N) is 1. The third-order valence-electron chi connectivity index (χ3n) is 0.755. The van der Waals surface area contributed by atoms with Gasteiger partial charge in [0.05, 0.1) is 13.2 Å². The lowest BCUT2D eigenvalue weighted by atomic mass is 10.6. The van der Waals surface area contributed by atoms with Crippen LogP contribution in [0.4, 0.5) is 0 Å². The predicted octanol–water partition coefficient (Wildman–Crippen LogP) is 0.975. The van der Waals surface area contributed by atoms with Crippen molar-refractivity contribution in [3.05, 3.63) is 11.6 Å². The second kappa shape index (κ2) is 6.08. The number of rotatable bonds is 5. The molecule has 0 heterocycles. The molecule has 9 heavy (non-hydrogen) atoms. The van der Waals surface area contributed by atoms with Gasteiger partial charge in [-0.25, -0.2) is 0 Å². The molecular formula is C6H12ClNO. The quantitative estimate of drug-likeness (QED) is 0.589. The molecular weight excluding hydrogens is 138 g/mol. The third kappa shape index (κ3) is 7.95. The highest BCUT2D eigenvalue weighted by molar-refractivity contribution is 6.29. The summed E-state index contributed by atoms with van der Waals surface area (Å²) in [6.45, 7) is 5.45. The van der Waals surface area contributed by atoms with Gasteiger partial charge in [0.25, 0.3) is 0 Å². The highest BCUT2D eigenvalue weighted by Gasteiger charge is 1.86. The van der Waals surface area contributed by atoms with Crippen LogP contribution in [-0.4, -0.2) is 26.8 Å². The monoisotopic (exact) mass is 149 g/mol. The van der Waals surface area contributed by atoms with Gasteiger partial charge < -0.3 is 10.1 Å². The molecule has 0 aliphatic heterocycles. The first-order chi connectivity index (χ1) is 4.27. The molecule has 0 fully saturated rings. The van der Waals surface area contributed by atoms with E-state index in [-0.39, 0.29) is 0 Å². The summed E-state index contributed by atoms with van der Waals surface area (Å²) in [5, 5.41) is 3.49. The molecule has 0 spiro atoms. The predicted molar refractivity (Wildman–Crippen MR) is 39.7 cm³/mol. The third-order valence-corrected chi connectivity index (χ3v) is 0.864. The van der Waals surface area contributed by atoms with Crippen LogP contribution < -0.4 is 5.32 Å². The van der Waals surface area contributed by atoms with E-state index < -0.39 is 0 Å². The normalized spacial score (nSPS) is 9.56. The van der Waals surface area contributed by atoms with Crippen LogP contribution in [0.2, 0.25) is 0 Å². The summed E-state index contributed by atoms with van der Waals surface area (Å²) in [7, 11) is 1.87. The Labute approximate surface area is 60.8 Å². The van der Waals surface area contributed by atoms with Gasteiger partial charge in [0.1, 0.15) is 0 Å². The summed E-state index contributed by atoms with van der Waals surface area (Å²) >= 11 is 5.42. The van der Waals surface area contributed by atoms with E-state index in [1.165, 1.54) is 0 Å². The average molecular weight is 150 g/mol. The first-order valence-electron chi connectivity index (χ1n) is 2.83. The maximum absolute atomic E-state index is 5.42. The van der Waals surface area contributed by atoms with Gasteiger partial charge in [0, 0.05) is 11.6 Å². The van der Waals surface area contributed by atoms with E-state index in [2.05, 4.69) is 11.9 Å². The minimum absolute atomic E-state index is 0.448. The van der Waals surface area contributed by atoms with Gasteiger partial charge in [0.15, 0.2) is 0 Å². The fourth-order valence-corrected chi connectivity index (χ4v) is 0.434. The lowest BCUT2D eigenvalue weighted by Crippen LogP contribution is -2.14. The number of ether oxygens (including phenoxy) is 1. The van der Waals surface area contributed by atoms with Crippen LogP contribution in [0, 0.1) is 0 Å². The minimum atomic E-state index is 0.448. The molecule has 3 heteroatoms. The van der Waals surface area contributed by atoms with E-state index in [1.54, 1.807) is 0 Å². The van der Waals surface area contributed by atoms with Gasteiger partial charge in [-0.15, -0.1) is 0 Å². The van der Waals surface area contributed by atoms with Crippen LogP contribution in [0.5, 0.6) is 0 Å². The largest absolute Gasteiger partial charge is 0.375 e. The first-order valence-corrected chi connectivity index (χ1v) is 3.20. The number of hydrogen-bond donors (Lipinski definition) is 1. The van der Waals surface area contributed by atoms with Gasteiger partial charge in [-0.3, -0.25) is 0 Å². The van der Waals surface area contributed by atoms with Crippen molar-refractivity contribution < 1.29 is 4.74 Å². The molecule has 0 aliphatic carbocycles. The fraction of sp³-hybridized carbons (Fsp3) is 0.667. The smallest absolute Gasteiger partial charge is 0.0817 e. The summed E-state index contributed by atoms with van der Waals surface area (Å²) in [6.07, 6.45) is 0. The Morgan fingerprint density at radius 3 is 2.89 bits per heavy atom. The molecule has 2 nitrogen and oxygen atoms in total. The maximum Gasteiger partial charge on any atom is 0.0817 e. The zero-order valence-electron chi connectivity index (χ0n) is 5.61. The van der Waals surface area contributed by atoms with Crippen molar-refractivity contribution in [3.63, 3.8) is 0 Å². The molecule has 0 rings (SSSR count). The van der Waals surface area contributed by atoms with Crippen LogP contribution in [0.15, 0.2) is 11.6 Å². The summed E-state index contributed by atoms with van der Waals surface area (Å²) in [4.78, 5) is 0. The molecule has 0 aromatic rings. The van der Waals surface area contributed by atoms with E-state index in [4.69, 9.17) is 16.3 Å². The topological polar surface area (TPSA) is 21.3 Å². The Morgan fingerprint density at radius 1 is 1.78 bits per heavy atom. The standard InChI is InChI=1S/C6H12ClNO/c1-6(7)5-9-4-3-8-2/h8H,1,3-5H2,2H3. The van der Waals surface area contributed by atoms with E-state index in [9.17, 15) is 0 Å². The van der Waals surface area contributed by atoms with E-state index in [1.807, 2.05) is 7.05 Å². The molecule has 0 saturated heterocycles. The molecule has 0 unspecified atom stereocenters. The molecule has 1 N–H and O–H groups in total.